The molecule has 2 aliphatic rings. The van der Waals surface area contributed by atoms with Crippen LogP contribution in [0.4, 0.5) is 5.69 Å². The Kier molecular flexibility index (Phi) is 6.75. The number of aromatic nitrogens is 1. The zero-order valence-corrected chi connectivity index (χ0v) is 20.7. The number of methoxy groups -OCH3 is 2. The SMILES string of the molecule is COc1ccc(C=C2C(=O)N(CN3CCCC[C@H]3c3cccnc3)c3cc(Cl)ccc32)cc1OC. The molecule has 0 spiro atoms. The number of piperidine rings is 1. The van der Waals surface area contributed by atoms with Crippen molar-refractivity contribution in [2.45, 2.75) is 25.3 Å². The summed E-state index contributed by atoms with van der Waals surface area (Å²) in [6.07, 6.45) is 8.95. The third kappa shape index (κ3) is 4.64. The topological polar surface area (TPSA) is 54.9 Å². The molecule has 1 amide bonds. The average molecular weight is 490 g/mol. The van der Waals surface area contributed by atoms with Crippen molar-refractivity contribution >= 4 is 34.8 Å². The Morgan fingerprint density at radius 2 is 1.94 bits per heavy atom. The molecule has 0 radical (unpaired) electrons. The smallest absolute Gasteiger partial charge is 0.260 e. The van der Waals surface area contributed by atoms with E-state index in [1.54, 1.807) is 20.4 Å². The Morgan fingerprint density at radius 1 is 1.09 bits per heavy atom. The maximum Gasteiger partial charge on any atom is 0.260 e. The van der Waals surface area contributed by atoms with Crippen molar-refractivity contribution in [1.82, 2.24) is 9.88 Å². The second kappa shape index (κ2) is 10.1. The lowest BCUT2D eigenvalue weighted by atomic mass is 9.97. The van der Waals surface area contributed by atoms with Crippen molar-refractivity contribution in [1.29, 1.82) is 0 Å². The summed E-state index contributed by atoms with van der Waals surface area (Å²) in [5, 5.41) is 0.608. The number of rotatable bonds is 6. The van der Waals surface area contributed by atoms with Crippen LogP contribution >= 0.6 is 11.6 Å². The van der Waals surface area contributed by atoms with Crippen molar-refractivity contribution in [2.24, 2.45) is 0 Å². The Labute approximate surface area is 210 Å². The molecule has 180 valence electrons. The molecule has 35 heavy (non-hydrogen) atoms. The van der Waals surface area contributed by atoms with E-state index in [1.165, 1.54) is 5.56 Å². The van der Waals surface area contributed by atoms with E-state index in [4.69, 9.17) is 21.1 Å². The standard InChI is InChI=1S/C28H28ClN3O3/c1-34-26-11-8-19(15-27(26)35-2)14-23-22-10-9-21(29)16-25(22)32(28(23)33)18-31-13-4-3-7-24(31)20-6-5-12-30-17-20/h5-6,8-12,14-17,24H,3-4,7,13,18H2,1-2H3/t24-/m0/s1. The fourth-order valence-electron chi connectivity index (χ4n) is 5.01. The van der Waals surface area contributed by atoms with Gasteiger partial charge >= 0.3 is 0 Å². The molecular formula is C28H28ClN3O3. The van der Waals surface area contributed by atoms with Crippen LogP contribution in [-0.4, -0.2) is 43.2 Å². The van der Waals surface area contributed by atoms with E-state index < -0.39 is 0 Å². The van der Waals surface area contributed by atoms with E-state index in [2.05, 4.69) is 16.0 Å². The number of carbonyl (C=O) groups excluding carboxylic acids is 1. The molecule has 0 unspecified atom stereocenters. The fraction of sp³-hybridized carbons (Fsp3) is 0.286. The van der Waals surface area contributed by atoms with Crippen molar-refractivity contribution < 1.29 is 14.3 Å². The molecule has 0 N–H and O–H groups in total. The Bertz CT molecular complexity index is 1260. The molecule has 1 fully saturated rings. The molecular weight excluding hydrogens is 462 g/mol. The number of fused-ring (bicyclic) bond motifs is 1. The van der Waals surface area contributed by atoms with Gasteiger partial charge in [0.1, 0.15) is 0 Å². The quantitative estimate of drug-likeness (QED) is 0.408. The van der Waals surface area contributed by atoms with Gasteiger partial charge in [-0.05, 0) is 60.4 Å². The molecule has 5 rings (SSSR count). The number of ether oxygens (including phenoxy) is 2. The number of anilines is 1. The highest BCUT2D eigenvalue weighted by Crippen LogP contribution is 2.41. The summed E-state index contributed by atoms with van der Waals surface area (Å²) in [5.74, 6) is 1.23. The van der Waals surface area contributed by atoms with E-state index >= 15 is 0 Å². The van der Waals surface area contributed by atoms with Crippen LogP contribution in [0.3, 0.4) is 0 Å². The molecule has 1 atom stereocenters. The number of nitrogens with zero attached hydrogens (tertiary/aromatic N) is 3. The molecule has 3 aromatic rings. The summed E-state index contributed by atoms with van der Waals surface area (Å²) in [4.78, 5) is 22.3. The zero-order valence-electron chi connectivity index (χ0n) is 19.9. The number of amides is 1. The summed E-state index contributed by atoms with van der Waals surface area (Å²) in [6, 6.07) is 15.6. The van der Waals surface area contributed by atoms with Crippen LogP contribution < -0.4 is 14.4 Å². The number of likely N-dealkylation sites (tertiary alicyclic amines) is 1. The highest BCUT2D eigenvalue weighted by atomic mass is 35.5. The molecule has 3 heterocycles. The van der Waals surface area contributed by atoms with Crippen molar-refractivity contribution in [3.05, 3.63) is 82.6 Å². The maximum absolute atomic E-state index is 13.8. The number of hydrogen-bond donors (Lipinski definition) is 0. The van der Waals surface area contributed by atoms with Gasteiger partial charge in [-0.2, -0.15) is 0 Å². The predicted octanol–water partition coefficient (Wildman–Crippen LogP) is 5.82. The Hall–Kier alpha value is -3.35. The first kappa shape index (κ1) is 23.4. The van der Waals surface area contributed by atoms with Gasteiger partial charge in [0.05, 0.1) is 26.6 Å². The number of benzene rings is 2. The van der Waals surface area contributed by atoms with Gasteiger partial charge in [0, 0.05) is 41.1 Å². The second-order valence-electron chi connectivity index (χ2n) is 8.82. The first-order valence-electron chi connectivity index (χ1n) is 11.8. The monoisotopic (exact) mass is 489 g/mol. The third-order valence-electron chi connectivity index (χ3n) is 6.74. The first-order valence-corrected chi connectivity index (χ1v) is 12.2. The number of carbonyl (C=O) groups is 1. The van der Waals surface area contributed by atoms with Gasteiger partial charge in [-0.15, -0.1) is 0 Å². The van der Waals surface area contributed by atoms with E-state index in [1.807, 2.05) is 59.6 Å². The van der Waals surface area contributed by atoms with Crippen LogP contribution in [0.2, 0.25) is 5.02 Å². The van der Waals surface area contributed by atoms with Gasteiger partial charge < -0.3 is 9.47 Å². The summed E-state index contributed by atoms with van der Waals surface area (Å²) in [6.45, 7) is 1.42. The van der Waals surface area contributed by atoms with E-state index in [0.29, 0.717) is 28.8 Å². The summed E-state index contributed by atoms with van der Waals surface area (Å²) >= 11 is 6.37. The van der Waals surface area contributed by atoms with E-state index in [0.717, 1.165) is 42.6 Å². The third-order valence-corrected chi connectivity index (χ3v) is 6.98. The summed E-state index contributed by atoms with van der Waals surface area (Å²) < 4.78 is 10.8. The lowest BCUT2D eigenvalue weighted by Crippen LogP contribution is -2.43. The summed E-state index contributed by atoms with van der Waals surface area (Å²) in [5.41, 5.74) is 4.40. The van der Waals surface area contributed by atoms with Crippen molar-refractivity contribution in [3.8, 4) is 11.5 Å². The van der Waals surface area contributed by atoms with Crippen LogP contribution in [0.25, 0.3) is 11.6 Å². The van der Waals surface area contributed by atoms with Gasteiger partial charge in [-0.25, -0.2) is 0 Å². The number of hydrogen-bond acceptors (Lipinski definition) is 5. The highest BCUT2D eigenvalue weighted by Gasteiger charge is 2.35. The van der Waals surface area contributed by atoms with Gasteiger partial charge in [-0.3, -0.25) is 19.6 Å². The van der Waals surface area contributed by atoms with Crippen molar-refractivity contribution in [3.63, 3.8) is 0 Å². The maximum atomic E-state index is 13.8. The average Bonchev–Trinajstić information content (AvgIpc) is 3.14. The minimum atomic E-state index is -0.0347. The van der Waals surface area contributed by atoms with Crippen LogP contribution in [0, 0.1) is 0 Å². The molecule has 1 saturated heterocycles. The van der Waals surface area contributed by atoms with Gasteiger partial charge in [0.25, 0.3) is 5.91 Å². The molecule has 0 bridgehead atoms. The highest BCUT2D eigenvalue weighted by molar-refractivity contribution is 6.37. The predicted molar refractivity (Wildman–Crippen MR) is 139 cm³/mol. The van der Waals surface area contributed by atoms with Gasteiger partial charge in [0.2, 0.25) is 0 Å². The van der Waals surface area contributed by atoms with E-state index in [9.17, 15) is 4.79 Å². The number of halogens is 1. The molecule has 2 aromatic carbocycles. The normalized spacial score (nSPS) is 19.2. The van der Waals surface area contributed by atoms with Gasteiger partial charge in [0.15, 0.2) is 11.5 Å². The van der Waals surface area contributed by atoms with Crippen molar-refractivity contribution in [2.75, 3.05) is 32.3 Å². The van der Waals surface area contributed by atoms with Crippen LogP contribution in [0.5, 0.6) is 11.5 Å². The van der Waals surface area contributed by atoms with Crippen LogP contribution in [0.15, 0.2) is 60.9 Å². The minimum Gasteiger partial charge on any atom is -0.493 e. The second-order valence-corrected chi connectivity index (χ2v) is 9.26. The Morgan fingerprint density at radius 3 is 2.71 bits per heavy atom. The zero-order chi connectivity index (χ0) is 24.4. The molecule has 0 saturated carbocycles. The lowest BCUT2D eigenvalue weighted by molar-refractivity contribution is -0.113. The minimum absolute atomic E-state index is 0.0347. The summed E-state index contributed by atoms with van der Waals surface area (Å²) in [7, 11) is 3.21. The molecule has 0 aliphatic carbocycles. The van der Waals surface area contributed by atoms with Crippen LogP contribution in [0.1, 0.15) is 42.0 Å². The Balaban J connectivity index is 1.50. The largest absolute Gasteiger partial charge is 0.493 e. The molecule has 7 heteroatoms. The van der Waals surface area contributed by atoms with Gasteiger partial charge in [-0.1, -0.05) is 36.2 Å². The van der Waals surface area contributed by atoms with Crippen LogP contribution in [-0.2, 0) is 4.79 Å². The van der Waals surface area contributed by atoms with E-state index in [-0.39, 0.29) is 11.9 Å². The molecule has 6 nitrogen and oxygen atoms in total. The molecule has 1 aromatic heterocycles. The molecule has 2 aliphatic heterocycles. The fourth-order valence-corrected chi connectivity index (χ4v) is 5.17. The first-order chi connectivity index (χ1) is 17.1. The lowest BCUT2D eigenvalue weighted by Gasteiger charge is -2.38. The number of pyridine rings is 1.